The van der Waals surface area contributed by atoms with Crippen molar-refractivity contribution in [3.63, 3.8) is 0 Å². The Kier molecular flexibility index (Phi) is 4.33. The first-order chi connectivity index (χ1) is 11.2. The monoisotopic (exact) mass is 305 g/mol. The minimum absolute atomic E-state index is 0.0505. The van der Waals surface area contributed by atoms with Gasteiger partial charge < -0.3 is 4.42 Å². The van der Waals surface area contributed by atoms with E-state index in [9.17, 15) is 0 Å². The number of rotatable bonds is 5. The van der Waals surface area contributed by atoms with Gasteiger partial charge in [0.1, 0.15) is 11.3 Å². The highest BCUT2D eigenvalue weighted by Crippen LogP contribution is 2.38. The van der Waals surface area contributed by atoms with Crippen LogP contribution in [0.4, 0.5) is 0 Å². The van der Waals surface area contributed by atoms with Crippen LogP contribution < -0.4 is 0 Å². The van der Waals surface area contributed by atoms with Crippen LogP contribution in [0, 0.1) is 5.92 Å². The van der Waals surface area contributed by atoms with Gasteiger partial charge in [0.2, 0.25) is 0 Å². The second kappa shape index (κ2) is 6.41. The molecule has 0 radical (unpaired) electrons. The normalized spacial score (nSPS) is 17.6. The average Bonchev–Trinajstić information content (AvgIpc) is 3.19. The van der Waals surface area contributed by atoms with Crippen LogP contribution >= 0.6 is 0 Å². The molecule has 0 N–H and O–H groups in total. The Morgan fingerprint density at radius 3 is 2.83 bits per heavy atom. The van der Waals surface area contributed by atoms with Crippen LogP contribution in [0.15, 0.2) is 52.4 Å². The van der Waals surface area contributed by atoms with Crippen molar-refractivity contribution in [2.45, 2.75) is 33.2 Å². The fraction of sp³-hybridized carbons (Fsp3) is 0.286. The topological polar surface area (TPSA) is 25.5 Å². The summed E-state index contributed by atoms with van der Waals surface area (Å²) in [5, 5.41) is 1.12. The van der Waals surface area contributed by atoms with E-state index in [1.165, 1.54) is 5.57 Å². The molecule has 1 aromatic heterocycles. The van der Waals surface area contributed by atoms with E-state index in [1.807, 2.05) is 18.4 Å². The van der Waals surface area contributed by atoms with Crippen LogP contribution in [-0.2, 0) is 0 Å². The number of para-hydroxylation sites is 1. The van der Waals surface area contributed by atoms with E-state index in [1.54, 1.807) is 0 Å². The van der Waals surface area contributed by atoms with Crippen molar-refractivity contribution in [3.05, 3.63) is 59.9 Å². The third-order valence-corrected chi connectivity index (χ3v) is 4.20. The van der Waals surface area contributed by atoms with Crippen LogP contribution in [0.2, 0.25) is 0 Å². The SMILES string of the molecule is C=Cc1c(/C(=C\C)CC(C)C)oc2c(C3C=CC=N3)cccc12. The first kappa shape index (κ1) is 15.5. The molecule has 1 aliphatic heterocycles. The Labute approximate surface area is 137 Å². The zero-order valence-electron chi connectivity index (χ0n) is 14.0. The van der Waals surface area contributed by atoms with Gasteiger partial charge in [-0.05, 0) is 30.9 Å². The highest BCUT2D eigenvalue weighted by molar-refractivity contribution is 5.94. The molecule has 23 heavy (non-hydrogen) atoms. The third kappa shape index (κ3) is 2.81. The van der Waals surface area contributed by atoms with Crippen molar-refractivity contribution in [2.24, 2.45) is 10.9 Å². The maximum atomic E-state index is 6.34. The largest absolute Gasteiger partial charge is 0.455 e. The summed E-state index contributed by atoms with van der Waals surface area (Å²) in [6.07, 6.45) is 11.0. The molecular formula is C21H23NO. The van der Waals surface area contributed by atoms with E-state index in [-0.39, 0.29) is 6.04 Å². The number of aliphatic imine (C=N–C) groups is 1. The number of hydrogen-bond donors (Lipinski definition) is 0. The Hall–Kier alpha value is -2.35. The van der Waals surface area contributed by atoms with Gasteiger partial charge in [0.25, 0.3) is 0 Å². The van der Waals surface area contributed by atoms with Gasteiger partial charge >= 0.3 is 0 Å². The number of fused-ring (bicyclic) bond motifs is 1. The summed E-state index contributed by atoms with van der Waals surface area (Å²) >= 11 is 0. The van der Waals surface area contributed by atoms with Crippen molar-refractivity contribution in [1.82, 2.24) is 0 Å². The number of nitrogens with zero attached hydrogens (tertiary/aromatic N) is 1. The summed E-state index contributed by atoms with van der Waals surface area (Å²) in [5.41, 5.74) is 4.36. The Balaban J connectivity index is 2.20. The van der Waals surface area contributed by atoms with Gasteiger partial charge in [-0.3, -0.25) is 4.99 Å². The molecule has 0 amide bonds. The van der Waals surface area contributed by atoms with Crippen molar-refractivity contribution in [2.75, 3.05) is 0 Å². The molecule has 1 atom stereocenters. The summed E-state index contributed by atoms with van der Waals surface area (Å²) in [4.78, 5) is 4.50. The zero-order chi connectivity index (χ0) is 16.4. The lowest BCUT2D eigenvalue weighted by Gasteiger charge is -2.08. The van der Waals surface area contributed by atoms with Gasteiger partial charge in [-0.1, -0.05) is 56.9 Å². The predicted molar refractivity (Wildman–Crippen MR) is 99.8 cm³/mol. The molecule has 0 saturated heterocycles. The van der Waals surface area contributed by atoms with Crippen LogP contribution in [0.3, 0.4) is 0 Å². The summed E-state index contributed by atoms with van der Waals surface area (Å²) < 4.78 is 6.34. The molecule has 2 aromatic rings. The quantitative estimate of drug-likeness (QED) is 0.645. The maximum absolute atomic E-state index is 6.34. The van der Waals surface area contributed by atoms with E-state index in [2.05, 4.69) is 62.7 Å². The maximum Gasteiger partial charge on any atom is 0.141 e. The standard InChI is InChI=1S/C21H23NO/c1-5-15(13-14(3)4)20-16(6-2)17-9-7-10-18(21(17)23-20)19-11-8-12-22-19/h5-12,14,19H,2,13H2,1,3-4H3/b15-5-. The van der Waals surface area contributed by atoms with E-state index < -0.39 is 0 Å². The molecule has 0 saturated carbocycles. The minimum atomic E-state index is 0.0505. The summed E-state index contributed by atoms with van der Waals surface area (Å²) in [6.45, 7) is 10.5. The number of allylic oxidation sites excluding steroid dienone is 3. The Morgan fingerprint density at radius 1 is 1.39 bits per heavy atom. The number of hydrogen-bond acceptors (Lipinski definition) is 2. The lowest BCUT2D eigenvalue weighted by molar-refractivity contribution is 0.577. The number of furan rings is 1. The van der Waals surface area contributed by atoms with Gasteiger partial charge in [0.15, 0.2) is 0 Å². The highest BCUT2D eigenvalue weighted by Gasteiger charge is 2.21. The van der Waals surface area contributed by atoms with Crippen molar-refractivity contribution < 1.29 is 4.42 Å². The van der Waals surface area contributed by atoms with E-state index in [0.717, 1.165) is 34.3 Å². The number of benzene rings is 1. The van der Waals surface area contributed by atoms with Gasteiger partial charge in [-0.25, -0.2) is 0 Å². The molecule has 0 bridgehead atoms. The summed E-state index contributed by atoms with van der Waals surface area (Å²) in [6, 6.07) is 6.32. The molecule has 0 spiro atoms. The van der Waals surface area contributed by atoms with E-state index in [0.29, 0.717) is 5.92 Å². The molecule has 3 rings (SSSR count). The first-order valence-electron chi connectivity index (χ1n) is 8.19. The fourth-order valence-corrected chi connectivity index (χ4v) is 3.15. The Morgan fingerprint density at radius 2 is 2.22 bits per heavy atom. The van der Waals surface area contributed by atoms with Crippen molar-refractivity contribution in [3.8, 4) is 0 Å². The van der Waals surface area contributed by atoms with Crippen molar-refractivity contribution in [1.29, 1.82) is 0 Å². The first-order valence-corrected chi connectivity index (χ1v) is 8.19. The molecule has 2 heteroatoms. The van der Waals surface area contributed by atoms with Gasteiger partial charge in [-0.2, -0.15) is 0 Å². The average molecular weight is 305 g/mol. The second-order valence-electron chi connectivity index (χ2n) is 6.31. The lowest BCUT2D eigenvalue weighted by atomic mass is 9.97. The minimum Gasteiger partial charge on any atom is -0.455 e. The molecule has 1 unspecified atom stereocenters. The van der Waals surface area contributed by atoms with Crippen molar-refractivity contribution >= 4 is 28.8 Å². The zero-order valence-corrected chi connectivity index (χ0v) is 14.0. The molecular weight excluding hydrogens is 282 g/mol. The smallest absolute Gasteiger partial charge is 0.141 e. The molecule has 2 heterocycles. The molecule has 0 fully saturated rings. The third-order valence-electron chi connectivity index (χ3n) is 4.20. The Bertz CT molecular complexity index is 806. The van der Waals surface area contributed by atoms with Gasteiger partial charge in [0, 0.05) is 22.7 Å². The van der Waals surface area contributed by atoms with Crippen LogP contribution in [-0.4, -0.2) is 6.21 Å². The fourth-order valence-electron chi connectivity index (χ4n) is 3.15. The van der Waals surface area contributed by atoms with E-state index >= 15 is 0 Å². The van der Waals surface area contributed by atoms with E-state index in [4.69, 9.17) is 4.42 Å². The highest BCUT2D eigenvalue weighted by atomic mass is 16.3. The van der Waals surface area contributed by atoms with Gasteiger partial charge in [0.05, 0.1) is 6.04 Å². The second-order valence-corrected chi connectivity index (χ2v) is 6.31. The predicted octanol–water partition coefficient (Wildman–Crippen LogP) is 6.21. The molecule has 2 nitrogen and oxygen atoms in total. The molecule has 0 aliphatic carbocycles. The molecule has 118 valence electrons. The molecule has 1 aromatic carbocycles. The summed E-state index contributed by atoms with van der Waals surface area (Å²) in [5.74, 6) is 1.53. The molecule has 1 aliphatic rings. The van der Waals surface area contributed by atoms with Crippen LogP contribution in [0.25, 0.3) is 22.6 Å². The van der Waals surface area contributed by atoms with Crippen LogP contribution in [0.5, 0.6) is 0 Å². The summed E-state index contributed by atoms with van der Waals surface area (Å²) in [7, 11) is 0. The lowest BCUT2D eigenvalue weighted by Crippen LogP contribution is -1.91. The van der Waals surface area contributed by atoms with Gasteiger partial charge in [-0.15, -0.1) is 0 Å². The van der Waals surface area contributed by atoms with Crippen LogP contribution in [0.1, 0.15) is 50.1 Å².